The Balaban J connectivity index is 1.32. The third-order valence-electron chi connectivity index (χ3n) is 8.16. The van der Waals surface area contributed by atoms with Crippen molar-refractivity contribution in [1.29, 1.82) is 0 Å². The van der Waals surface area contributed by atoms with E-state index in [9.17, 15) is 9.59 Å². The first-order valence-corrected chi connectivity index (χ1v) is 14.9. The number of carbonyl (C=O) groups is 2. The van der Waals surface area contributed by atoms with Gasteiger partial charge in [0.05, 0.1) is 30.5 Å². The Labute approximate surface area is 261 Å². The van der Waals surface area contributed by atoms with Crippen LogP contribution in [0.25, 0.3) is 16.5 Å². The number of amides is 1. The van der Waals surface area contributed by atoms with Crippen molar-refractivity contribution in [2.75, 3.05) is 19.0 Å². The van der Waals surface area contributed by atoms with Crippen LogP contribution in [0.15, 0.2) is 97.2 Å². The molecule has 3 aromatic carbocycles. The van der Waals surface area contributed by atoms with Crippen LogP contribution < -0.4 is 10.6 Å². The largest absolute Gasteiger partial charge is 0.465 e. The summed E-state index contributed by atoms with van der Waals surface area (Å²) < 4.78 is 7.08. The molecule has 2 aromatic heterocycles. The van der Waals surface area contributed by atoms with Crippen LogP contribution in [0.3, 0.4) is 0 Å². The van der Waals surface area contributed by atoms with Crippen LogP contribution in [-0.4, -0.2) is 45.1 Å². The maximum absolute atomic E-state index is 13.3. The lowest BCUT2D eigenvalue weighted by atomic mass is 9.96. The number of hydrogen-bond donors (Lipinski definition) is 2. The molecule has 0 bridgehead atoms. The van der Waals surface area contributed by atoms with Crippen molar-refractivity contribution in [3.63, 3.8) is 0 Å². The van der Waals surface area contributed by atoms with E-state index >= 15 is 0 Å². The number of esters is 1. The number of aromatic nitrogens is 2. The fourth-order valence-electron chi connectivity index (χ4n) is 6.13. The Morgan fingerprint density at radius 2 is 1.75 bits per heavy atom. The highest BCUT2D eigenvalue weighted by atomic mass is 32.1. The van der Waals surface area contributed by atoms with Crippen molar-refractivity contribution in [3.05, 3.63) is 125 Å². The average molecular weight is 604 g/mol. The Kier molecular flexibility index (Phi) is 8.13. The van der Waals surface area contributed by atoms with Crippen molar-refractivity contribution in [2.45, 2.75) is 32.4 Å². The predicted molar refractivity (Wildman–Crippen MR) is 176 cm³/mol. The number of rotatable bonds is 8. The minimum Gasteiger partial charge on any atom is -0.465 e. The Morgan fingerprint density at radius 1 is 0.977 bits per heavy atom. The zero-order valence-electron chi connectivity index (χ0n) is 24.8. The summed E-state index contributed by atoms with van der Waals surface area (Å²) in [6.45, 7) is 4.52. The number of benzene rings is 3. The first-order chi connectivity index (χ1) is 21.4. The number of nitrogens with zero attached hydrogens (tertiary/aromatic N) is 3. The van der Waals surface area contributed by atoms with Gasteiger partial charge in [-0.1, -0.05) is 48.5 Å². The molecule has 1 aliphatic rings. The SMILES string of the molecule is COC(=O)c1cccc(-n2c(C)cc([C@@H]3[C@H](c4ccccn4)NC(=S)N3CCC(=O)Nc3cccc4ccccc34)c2C)c1. The second kappa shape index (κ2) is 12.3. The molecule has 2 atom stereocenters. The van der Waals surface area contributed by atoms with Gasteiger partial charge in [-0.25, -0.2) is 4.79 Å². The van der Waals surface area contributed by atoms with Crippen LogP contribution in [0.4, 0.5) is 5.69 Å². The molecule has 8 nitrogen and oxygen atoms in total. The summed E-state index contributed by atoms with van der Waals surface area (Å²) in [4.78, 5) is 32.3. The third-order valence-corrected chi connectivity index (χ3v) is 8.51. The van der Waals surface area contributed by atoms with E-state index in [0.29, 0.717) is 17.2 Å². The van der Waals surface area contributed by atoms with Gasteiger partial charge in [0.15, 0.2) is 5.11 Å². The van der Waals surface area contributed by atoms with Crippen molar-refractivity contribution in [3.8, 4) is 5.69 Å². The lowest BCUT2D eigenvalue weighted by Crippen LogP contribution is -2.33. The molecule has 0 aliphatic carbocycles. The van der Waals surface area contributed by atoms with E-state index in [4.69, 9.17) is 17.0 Å². The first-order valence-electron chi connectivity index (χ1n) is 14.5. The van der Waals surface area contributed by atoms with E-state index in [1.165, 1.54) is 7.11 Å². The molecular weight excluding hydrogens is 570 g/mol. The summed E-state index contributed by atoms with van der Waals surface area (Å²) >= 11 is 5.87. The number of aryl methyl sites for hydroxylation is 1. The maximum atomic E-state index is 13.3. The second-order valence-electron chi connectivity index (χ2n) is 10.8. The number of carbonyl (C=O) groups excluding carboxylic acids is 2. The summed E-state index contributed by atoms with van der Waals surface area (Å²) in [6.07, 6.45) is 2.02. The number of nitrogens with one attached hydrogen (secondary N) is 2. The van der Waals surface area contributed by atoms with Crippen molar-refractivity contribution in [2.24, 2.45) is 0 Å². The highest BCUT2D eigenvalue weighted by Crippen LogP contribution is 2.41. The molecule has 2 N–H and O–H groups in total. The molecule has 3 heterocycles. The van der Waals surface area contributed by atoms with Crippen molar-refractivity contribution < 1.29 is 14.3 Å². The van der Waals surface area contributed by atoms with Gasteiger partial charge in [0.25, 0.3) is 0 Å². The maximum Gasteiger partial charge on any atom is 0.337 e. The van der Waals surface area contributed by atoms with E-state index in [1.54, 1.807) is 12.3 Å². The minimum atomic E-state index is -0.386. The quantitative estimate of drug-likeness (QED) is 0.156. The molecule has 5 aromatic rings. The second-order valence-corrected chi connectivity index (χ2v) is 11.2. The normalized spacial score (nSPS) is 16.2. The highest BCUT2D eigenvalue weighted by molar-refractivity contribution is 7.80. The standard InChI is InChI=1S/C35H33N5O3S/c1-22-20-28(23(2)40(22)26-13-8-12-25(21-26)34(42)43-3)33-32(30-15-6-7-18-36-30)38-35(44)39(33)19-17-31(41)37-29-16-9-11-24-10-4-5-14-27(24)29/h4-16,18,20-21,32-33H,17,19H2,1-3H3,(H,37,41)(H,38,44)/t32-,33+/m0/s1. The van der Waals surface area contributed by atoms with Crippen LogP contribution in [0.5, 0.6) is 0 Å². The van der Waals surface area contributed by atoms with Crippen LogP contribution in [0, 0.1) is 13.8 Å². The molecule has 0 radical (unpaired) electrons. The zero-order chi connectivity index (χ0) is 30.8. The van der Waals surface area contributed by atoms with Gasteiger partial charge in [-0.2, -0.15) is 0 Å². The van der Waals surface area contributed by atoms with Gasteiger partial charge < -0.3 is 24.8 Å². The Hall–Kier alpha value is -5.02. The lowest BCUT2D eigenvalue weighted by molar-refractivity contribution is -0.116. The molecule has 6 rings (SSSR count). The third kappa shape index (κ3) is 5.54. The number of anilines is 1. The van der Waals surface area contributed by atoms with Gasteiger partial charge >= 0.3 is 5.97 Å². The first kappa shape index (κ1) is 29.1. The number of hydrogen-bond acceptors (Lipinski definition) is 5. The average Bonchev–Trinajstić information content (AvgIpc) is 3.53. The molecule has 0 saturated carbocycles. The molecule has 1 saturated heterocycles. The van der Waals surface area contributed by atoms with E-state index in [1.807, 2.05) is 85.8 Å². The van der Waals surface area contributed by atoms with Gasteiger partial charge in [-0.3, -0.25) is 9.78 Å². The van der Waals surface area contributed by atoms with Crippen molar-refractivity contribution >= 4 is 45.7 Å². The minimum absolute atomic E-state index is 0.0886. The number of thiocarbonyl (C=S) groups is 1. The molecule has 44 heavy (non-hydrogen) atoms. The molecule has 0 spiro atoms. The smallest absolute Gasteiger partial charge is 0.337 e. The molecule has 1 amide bonds. The summed E-state index contributed by atoms with van der Waals surface area (Å²) in [5, 5.41) is 9.23. The van der Waals surface area contributed by atoms with E-state index in [0.717, 1.165) is 44.8 Å². The van der Waals surface area contributed by atoms with Crippen LogP contribution in [0.2, 0.25) is 0 Å². The van der Waals surface area contributed by atoms with Gasteiger partial charge in [0, 0.05) is 47.3 Å². The fraction of sp³-hybridized carbons (Fsp3) is 0.200. The summed E-state index contributed by atoms with van der Waals surface area (Å²) in [5.41, 5.74) is 6.06. The predicted octanol–water partition coefficient (Wildman–Crippen LogP) is 6.43. The van der Waals surface area contributed by atoms with Crippen LogP contribution in [-0.2, 0) is 9.53 Å². The molecule has 222 valence electrons. The Bertz CT molecular complexity index is 1860. The topological polar surface area (TPSA) is 88.5 Å². The van der Waals surface area contributed by atoms with E-state index in [2.05, 4.69) is 38.1 Å². The number of methoxy groups -OCH3 is 1. The monoisotopic (exact) mass is 603 g/mol. The van der Waals surface area contributed by atoms with Crippen LogP contribution in [0.1, 0.15) is 51.5 Å². The molecule has 1 aliphatic heterocycles. The summed E-state index contributed by atoms with van der Waals surface area (Å²) in [7, 11) is 1.38. The van der Waals surface area contributed by atoms with Gasteiger partial charge in [0.2, 0.25) is 5.91 Å². The molecule has 1 fully saturated rings. The van der Waals surface area contributed by atoms with Crippen molar-refractivity contribution in [1.82, 2.24) is 19.8 Å². The van der Waals surface area contributed by atoms with Gasteiger partial charge in [-0.15, -0.1) is 0 Å². The van der Waals surface area contributed by atoms with Gasteiger partial charge in [0.1, 0.15) is 0 Å². The molecular formula is C35H33N5O3S. The Morgan fingerprint density at radius 3 is 2.55 bits per heavy atom. The number of ether oxygens (including phenoxy) is 1. The molecule has 0 unspecified atom stereocenters. The highest BCUT2D eigenvalue weighted by Gasteiger charge is 2.41. The number of pyridine rings is 1. The van der Waals surface area contributed by atoms with Gasteiger partial charge in [-0.05, 0) is 79.5 Å². The van der Waals surface area contributed by atoms with Crippen LogP contribution >= 0.6 is 12.2 Å². The summed E-state index contributed by atoms with van der Waals surface area (Å²) in [5.74, 6) is -0.475. The zero-order valence-corrected chi connectivity index (χ0v) is 25.6. The van der Waals surface area contributed by atoms with E-state index < -0.39 is 0 Å². The lowest BCUT2D eigenvalue weighted by Gasteiger charge is -2.28. The molecule has 9 heteroatoms. The number of fused-ring (bicyclic) bond motifs is 1. The fourth-order valence-corrected chi connectivity index (χ4v) is 6.46. The van der Waals surface area contributed by atoms with E-state index in [-0.39, 0.29) is 30.4 Å². The summed E-state index contributed by atoms with van der Waals surface area (Å²) in [6, 6.07) is 28.9.